The van der Waals surface area contributed by atoms with Crippen LogP contribution in [0.5, 0.6) is 0 Å². The van der Waals surface area contributed by atoms with Crippen LogP contribution in [0.2, 0.25) is 5.02 Å². The van der Waals surface area contributed by atoms with E-state index in [1.807, 2.05) is 19.1 Å². The van der Waals surface area contributed by atoms with Gasteiger partial charge in [-0.3, -0.25) is 0 Å². The van der Waals surface area contributed by atoms with Crippen molar-refractivity contribution in [2.45, 2.75) is 13.0 Å². The molecule has 0 saturated carbocycles. The molecular weight excluding hydrogens is 237 g/mol. The van der Waals surface area contributed by atoms with Crippen LogP contribution in [0, 0.1) is 12.7 Å². The molecule has 3 heteroatoms. The Bertz CT molecular complexity index is 519. The fourth-order valence-corrected chi connectivity index (χ4v) is 2.15. The number of rotatable bonds is 2. The van der Waals surface area contributed by atoms with Gasteiger partial charge in [0.2, 0.25) is 0 Å². The fourth-order valence-electron chi connectivity index (χ4n) is 1.85. The van der Waals surface area contributed by atoms with Gasteiger partial charge in [-0.15, -0.1) is 0 Å². The number of benzene rings is 2. The van der Waals surface area contributed by atoms with Gasteiger partial charge in [0.1, 0.15) is 5.82 Å². The molecule has 0 aliphatic heterocycles. The van der Waals surface area contributed by atoms with E-state index in [0.29, 0.717) is 10.6 Å². The van der Waals surface area contributed by atoms with Gasteiger partial charge < -0.3 is 5.73 Å². The first-order valence-electron chi connectivity index (χ1n) is 5.35. The summed E-state index contributed by atoms with van der Waals surface area (Å²) in [6.45, 7) is 1.93. The number of halogens is 2. The summed E-state index contributed by atoms with van der Waals surface area (Å²) in [5, 5.41) is 0.617. The highest BCUT2D eigenvalue weighted by Gasteiger charge is 2.13. The average Bonchev–Trinajstić information content (AvgIpc) is 2.27. The van der Waals surface area contributed by atoms with Crippen molar-refractivity contribution >= 4 is 11.6 Å². The lowest BCUT2D eigenvalue weighted by molar-refractivity contribution is 0.599. The van der Waals surface area contributed by atoms with Gasteiger partial charge in [0.25, 0.3) is 0 Å². The molecule has 0 spiro atoms. The summed E-state index contributed by atoms with van der Waals surface area (Å²) in [6, 6.07) is 11.6. The molecule has 2 N–H and O–H groups in total. The Balaban J connectivity index is 2.43. The minimum absolute atomic E-state index is 0.294. The molecule has 88 valence electrons. The van der Waals surface area contributed by atoms with E-state index in [2.05, 4.69) is 0 Å². The second-order valence-corrected chi connectivity index (χ2v) is 4.50. The van der Waals surface area contributed by atoms with E-state index in [1.54, 1.807) is 24.3 Å². The highest BCUT2D eigenvalue weighted by Crippen LogP contribution is 2.25. The van der Waals surface area contributed by atoms with E-state index < -0.39 is 6.04 Å². The normalized spacial score (nSPS) is 12.5. The van der Waals surface area contributed by atoms with Crippen molar-refractivity contribution < 1.29 is 4.39 Å². The molecule has 2 aromatic rings. The van der Waals surface area contributed by atoms with Crippen LogP contribution in [-0.2, 0) is 0 Å². The average molecular weight is 250 g/mol. The molecule has 1 unspecified atom stereocenters. The summed E-state index contributed by atoms with van der Waals surface area (Å²) < 4.78 is 13.6. The van der Waals surface area contributed by atoms with Crippen molar-refractivity contribution in [3.8, 4) is 0 Å². The standard InChI is InChI=1S/C14H13ClFN/c1-9-6-10(8-11(15)7-9)14(17)12-4-2-3-5-13(12)16/h2-8,14H,17H2,1H3. The maximum Gasteiger partial charge on any atom is 0.128 e. The minimum Gasteiger partial charge on any atom is -0.320 e. The maximum absolute atomic E-state index is 13.6. The van der Waals surface area contributed by atoms with Crippen LogP contribution in [0.1, 0.15) is 22.7 Å². The van der Waals surface area contributed by atoms with E-state index in [9.17, 15) is 4.39 Å². The van der Waals surface area contributed by atoms with Gasteiger partial charge in [0.15, 0.2) is 0 Å². The Kier molecular flexibility index (Phi) is 3.46. The number of hydrogen-bond donors (Lipinski definition) is 1. The summed E-state index contributed by atoms with van der Waals surface area (Å²) >= 11 is 5.97. The summed E-state index contributed by atoms with van der Waals surface area (Å²) in [4.78, 5) is 0. The molecule has 0 aliphatic rings. The molecule has 2 rings (SSSR count). The van der Waals surface area contributed by atoms with Crippen LogP contribution in [0.15, 0.2) is 42.5 Å². The third-order valence-corrected chi connectivity index (χ3v) is 2.88. The van der Waals surface area contributed by atoms with E-state index in [1.165, 1.54) is 6.07 Å². The van der Waals surface area contributed by atoms with Crippen LogP contribution >= 0.6 is 11.6 Å². The Morgan fingerprint density at radius 2 is 1.88 bits per heavy atom. The molecule has 2 aromatic carbocycles. The van der Waals surface area contributed by atoms with Gasteiger partial charge in [-0.25, -0.2) is 4.39 Å². The minimum atomic E-state index is -0.492. The summed E-state index contributed by atoms with van der Waals surface area (Å²) in [5.74, 6) is -0.294. The van der Waals surface area contributed by atoms with Gasteiger partial charge in [-0.05, 0) is 36.2 Å². The Morgan fingerprint density at radius 1 is 1.18 bits per heavy atom. The van der Waals surface area contributed by atoms with Crippen molar-refractivity contribution in [1.82, 2.24) is 0 Å². The topological polar surface area (TPSA) is 26.0 Å². The smallest absolute Gasteiger partial charge is 0.128 e. The Labute approximate surface area is 105 Å². The number of aryl methyl sites for hydroxylation is 1. The van der Waals surface area contributed by atoms with Crippen LogP contribution in [-0.4, -0.2) is 0 Å². The number of nitrogens with two attached hydrogens (primary N) is 1. The molecule has 0 heterocycles. The lowest BCUT2D eigenvalue weighted by Crippen LogP contribution is -2.13. The summed E-state index contributed by atoms with van der Waals surface area (Å²) in [7, 11) is 0. The molecule has 0 aromatic heterocycles. The lowest BCUT2D eigenvalue weighted by Gasteiger charge is -2.14. The van der Waals surface area contributed by atoms with Gasteiger partial charge in [0, 0.05) is 10.6 Å². The number of hydrogen-bond acceptors (Lipinski definition) is 1. The Morgan fingerprint density at radius 3 is 2.53 bits per heavy atom. The predicted molar refractivity (Wildman–Crippen MR) is 68.6 cm³/mol. The van der Waals surface area contributed by atoms with Crippen LogP contribution in [0.3, 0.4) is 0 Å². The summed E-state index contributed by atoms with van der Waals surface area (Å²) in [5.41, 5.74) is 8.37. The van der Waals surface area contributed by atoms with E-state index in [-0.39, 0.29) is 5.82 Å². The van der Waals surface area contributed by atoms with E-state index >= 15 is 0 Å². The van der Waals surface area contributed by atoms with Crippen molar-refractivity contribution in [3.63, 3.8) is 0 Å². The zero-order valence-electron chi connectivity index (χ0n) is 9.45. The second-order valence-electron chi connectivity index (χ2n) is 4.06. The van der Waals surface area contributed by atoms with Crippen LogP contribution in [0.4, 0.5) is 4.39 Å². The lowest BCUT2D eigenvalue weighted by atomic mass is 9.98. The highest BCUT2D eigenvalue weighted by molar-refractivity contribution is 6.30. The second kappa shape index (κ2) is 4.86. The SMILES string of the molecule is Cc1cc(Cl)cc(C(N)c2ccccc2F)c1. The molecule has 0 amide bonds. The molecule has 0 saturated heterocycles. The van der Waals surface area contributed by atoms with Crippen molar-refractivity contribution in [2.24, 2.45) is 5.73 Å². The third-order valence-electron chi connectivity index (χ3n) is 2.66. The Hall–Kier alpha value is -1.38. The molecule has 17 heavy (non-hydrogen) atoms. The van der Waals surface area contributed by atoms with Crippen LogP contribution < -0.4 is 5.73 Å². The fraction of sp³-hybridized carbons (Fsp3) is 0.143. The van der Waals surface area contributed by atoms with Crippen molar-refractivity contribution in [1.29, 1.82) is 0 Å². The molecule has 0 bridgehead atoms. The maximum atomic E-state index is 13.6. The highest BCUT2D eigenvalue weighted by atomic mass is 35.5. The van der Waals surface area contributed by atoms with E-state index in [4.69, 9.17) is 17.3 Å². The van der Waals surface area contributed by atoms with Gasteiger partial charge in [-0.2, -0.15) is 0 Å². The van der Waals surface area contributed by atoms with Crippen molar-refractivity contribution in [2.75, 3.05) is 0 Å². The third kappa shape index (κ3) is 2.65. The molecular formula is C14H13ClFN. The molecule has 1 atom stereocenters. The molecule has 0 radical (unpaired) electrons. The van der Waals surface area contributed by atoms with Gasteiger partial charge >= 0.3 is 0 Å². The molecule has 0 aliphatic carbocycles. The monoisotopic (exact) mass is 249 g/mol. The quantitative estimate of drug-likeness (QED) is 0.860. The zero-order valence-corrected chi connectivity index (χ0v) is 10.2. The molecule has 1 nitrogen and oxygen atoms in total. The van der Waals surface area contributed by atoms with Gasteiger partial charge in [0.05, 0.1) is 6.04 Å². The summed E-state index contributed by atoms with van der Waals surface area (Å²) in [6.07, 6.45) is 0. The first-order chi connectivity index (χ1) is 8.08. The van der Waals surface area contributed by atoms with Crippen molar-refractivity contribution in [3.05, 3.63) is 70.0 Å². The first kappa shape index (κ1) is 12.1. The molecule has 0 fully saturated rings. The zero-order chi connectivity index (χ0) is 12.4. The van der Waals surface area contributed by atoms with E-state index in [0.717, 1.165) is 11.1 Å². The first-order valence-corrected chi connectivity index (χ1v) is 5.73. The predicted octanol–water partition coefficient (Wildman–Crippen LogP) is 3.84. The largest absolute Gasteiger partial charge is 0.320 e. The van der Waals surface area contributed by atoms with Gasteiger partial charge in [-0.1, -0.05) is 35.9 Å². The van der Waals surface area contributed by atoms with Crippen LogP contribution in [0.25, 0.3) is 0 Å².